The van der Waals surface area contributed by atoms with E-state index in [1.54, 1.807) is 0 Å². The number of nitrogens with one attached hydrogen (secondary N) is 1. The molecule has 116 valence electrons. The van der Waals surface area contributed by atoms with Gasteiger partial charge in [-0.1, -0.05) is 30.3 Å². The third kappa shape index (κ3) is 4.52. The molecule has 1 heterocycles. The maximum atomic E-state index is 12.2. The number of hydrogen-bond donors (Lipinski definition) is 2. The molecular weight excluding hydrogens is 268 g/mol. The van der Waals surface area contributed by atoms with Crippen LogP contribution in [0.2, 0.25) is 0 Å². The molecule has 1 aliphatic rings. The van der Waals surface area contributed by atoms with Crippen molar-refractivity contribution in [2.75, 3.05) is 26.2 Å². The summed E-state index contributed by atoms with van der Waals surface area (Å²) in [7, 11) is 0. The van der Waals surface area contributed by atoms with Crippen molar-refractivity contribution in [2.24, 2.45) is 0 Å². The van der Waals surface area contributed by atoms with Crippen molar-refractivity contribution in [1.29, 1.82) is 0 Å². The second-order valence-electron chi connectivity index (χ2n) is 5.64. The molecule has 1 saturated heterocycles. The summed E-state index contributed by atoms with van der Waals surface area (Å²) in [6.07, 6.45) is -0.501. The van der Waals surface area contributed by atoms with E-state index < -0.39 is 6.10 Å². The fourth-order valence-electron chi connectivity index (χ4n) is 2.54. The van der Waals surface area contributed by atoms with Crippen molar-refractivity contribution in [3.8, 4) is 0 Å². The Morgan fingerprint density at radius 3 is 2.76 bits per heavy atom. The van der Waals surface area contributed by atoms with E-state index in [-0.39, 0.29) is 24.7 Å². The summed E-state index contributed by atoms with van der Waals surface area (Å²) in [5.41, 5.74) is 0.951. The van der Waals surface area contributed by atoms with E-state index in [1.807, 2.05) is 49.1 Å². The van der Waals surface area contributed by atoms with Crippen LogP contribution >= 0.6 is 0 Å². The van der Waals surface area contributed by atoms with E-state index in [4.69, 9.17) is 4.74 Å². The number of aliphatic hydroxyl groups is 1. The summed E-state index contributed by atoms with van der Waals surface area (Å²) >= 11 is 0. The van der Waals surface area contributed by atoms with Crippen LogP contribution in [0, 0.1) is 0 Å². The smallest absolute Gasteiger partial charge is 0.242 e. The molecule has 1 aromatic carbocycles. The van der Waals surface area contributed by atoms with Gasteiger partial charge in [0.15, 0.2) is 0 Å². The molecule has 0 aromatic heterocycles. The fourth-order valence-corrected chi connectivity index (χ4v) is 2.54. The van der Waals surface area contributed by atoms with Gasteiger partial charge in [-0.3, -0.25) is 9.69 Å². The van der Waals surface area contributed by atoms with E-state index in [2.05, 4.69) is 5.32 Å². The molecule has 1 fully saturated rings. The fraction of sp³-hybridized carbons (Fsp3) is 0.562. The highest BCUT2D eigenvalue weighted by atomic mass is 16.5. The summed E-state index contributed by atoms with van der Waals surface area (Å²) in [4.78, 5) is 14.2. The Balaban J connectivity index is 2.03. The standard InChI is InChI=1S/C16H24N2O3/c1-12(2)21-11-14(19)10-18-9-8-17-16(20)15(18)13-6-4-3-5-7-13/h3-7,12,14-15,19H,8-11H2,1-2H3,(H,17,20). The minimum Gasteiger partial charge on any atom is -0.389 e. The number of aliphatic hydroxyl groups excluding tert-OH is 1. The molecule has 2 unspecified atom stereocenters. The normalized spacial score (nSPS) is 21.3. The Labute approximate surface area is 125 Å². The van der Waals surface area contributed by atoms with Gasteiger partial charge in [0.25, 0.3) is 0 Å². The molecule has 0 radical (unpaired) electrons. The van der Waals surface area contributed by atoms with E-state index in [0.29, 0.717) is 13.1 Å². The zero-order valence-corrected chi connectivity index (χ0v) is 12.7. The van der Waals surface area contributed by atoms with Crippen molar-refractivity contribution in [2.45, 2.75) is 32.1 Å². The highest BCUT2D eigenvalue weighted by molar-refractivity contribution is 5.83. The summed E-state index contributed by atoms with van der Waals surface area (Å²) in [6, 6.07) is 9.33. The van der Waals surface area contributed by atoms with Gasteiger partial charge in [-0.2, -0.15) is 0 Å². The van der Waals surface area contributed by atoms with Gasteiger partial charge in [0.1, 0.15) is 6.04 Å². The van der Waals surface area contributed by atoms with Gasteiger partial charge in [-0.05, 0) is 19.4 Å². The molecule has 1 aromatic rings. The molecule has 0 spiro atoms. The monoisotopic (exact) mass is 292 g/mol. The molecule has 1 aliphatic heterocycles. The zero-order chi connectivity index (χ0) is 15.2. The van der Waals surface area contributed by atoms with Gasteiger partial charge in [-0.15, -0.1) is 0 Å². The summed E-state index contributed by atoms with van der Waals surface area (Å²) < 4.78 is 5.44. The number of β-amino-alcohol motifs (C(OH)–C–C–N with tert-alkyl or cyclic N) is 1. The van der Waals surface area contributed by atoms with Gasteiger partial charge in [0.05, 0.1) is 18.8 Å². The highest BCUT2D eigenvalue weighted by Gasteiger charge is 2.32. The van der Waals surface area contributed by atoms with Crippen molar-refractivity contribution in [1.82, 2.24) is 10.2 Å². The number of hydrogen-bond acceptors (Lipinski definition) is 4. The molecular formula is C16H24N2O3. The average molecular weight is 292 g/mol. The topological polar surface area (TPSA) is 61.8 Å². The lowest BCUT2D eigenvalue weighted by Gasteiger charge is -2.36. The predicted molar refractivity (Wildman–Crippen MR) is 80.9 cm³/mol. The van der Waals surface area contributed by atoms with Crippen molar-refractivity contribution < 1.29 is 14.6 Å². The molecule has 2 rings (SSSR count). The molecule has 0 aliphatic carbocycles. The number of nitrogens with zero attached hydrogens (tertiary/aromatic N) is 1. The van der Waals surface area contributed by atoms with Gasteiger partial charge in [0.2, 0.25) is 5.91 Å². The molecule has 5 heteroatoms. The van der Waals surface area contributed by atoms with Gasteiger partial charge in [0, 0.05) is 19.6 Å². The largest absolute Gasteiger partial charge is 0.389 e. The van der Waals surface area contributed by atoms with Crippen LogP contribution in [0.4, 0.5) is 0 Å². The first-order chi connectivity index (χ1) is 10.1. The first kappa shape index (κ1) is 15.9. The molecule has 1 amide bonds. The summed E-state index contributed by atoms with van der Waals surface area (Å²) in [5, 5.41) is 13.0. The molecule has 5 nitrogen and oxygen atoms in total. The van der Waals surface area contributed by atoms with Crippen molar-refractivity contribution >= 4 is 5.91 Å². The maximum absolute atomic E-state index is 12.2. The summed E-state index contributed by atoms with van der Waals surface area (Å²) in [6.45, 7) is 5.93. The summed E-state index contributed by atoms with van der Waals surface area (Å²) in [5.74, 6) is -0.00979. The maximum Gasteiger partial charge on any atom is 0.242 e. The zero-order valence-electron chi connectivity index (χ0n) is 12.7. The van der Waals surface area contributed by atoms with Crippen LogP contribution in [-0.4, -0.2) is 54.4 Å². The Morgan fingerprint density at radius 1 is 1.38 bits per heavy atom. The Bertz CT molecular complexity index is 450. The van der Waals surface area contributed by atoms with Crippen LogP contribution in [0.15, 0.2) is 30.3 Å². The number of carbonyl (C=O) groups is 1. The van der Waals surface area contributed by atoms with E-state index in [1.165, 1.54) is 0 Å². The van der Waals surface area contributed by atoms with Crippen LogP contribution < -0.4 is 5.32 Å². The molecule has 21 heavy (non-hydrogen) atoms. The second-order valence-corrected chi connectivity index (χ2v) is 5.64. The lowest BCUT2D eigenvalue weighted by atomic mass is 10.0. The third-order valence-corrected chi connectivity index (χ3v) is 3.49. The van der Waals surface area contributed by atoms with Gasteiger partial charge in [-0.25, -0.2) is 0 Å². The molecule has 2 N–H and O–H groups in total. The first-order valence-electron chi connectivity index (χ1n) is 7.44. The number of amides is 1. The SMILES string of the molecule is CC(C)OCC(O)CN1CCNC(=O)C1c1ccccc1. The van der Waals surface area contributed by atoms with Crippen LogP contribution in [-0.2, 0) is 9.53 Å². The number of piperazine rings is 1. The lowest BCUT2D eigenvalue weighted by molar-refractivity contribution is -0.130. The number of carbonyl (C=O) groups excluding carboxylic acids is 1. The lowest BCUT2D eigenvalue weighted by Crippen LogP contribution is -2.52. The van der Waals surface area contributed by atoms with Crippen LogP contribution in [0.1, 0.15) is 25.5 Å². The van der Waals surface area contributed by atoms with E-state index in [9.17, 15) is 9.90 Å². The molecule has 2 atom stereocenters. The average Bonchev–Trinajstić information content (AvgIpc) is 2.46. The number of ether oxygens (including phenoxy) is 1. The van der Waals surface area contributed by atoms with Crippen molar-refractivity contribution in [3.63, 3.8) is 0 Å². The number of rotatable bonds is 6. The Morgan fingerprint density at radius 2 is 2.10 bits per heavy atom. The molecule has 0 saturated carbocycles. The minimum atomic E-state index is -0.593. The van der Waals surface area contributed by atoms with Crippen LogP contribution in [0.25, 0.3) is 0 Å². The second kappa shape index (κ2) is 7.54. The molecule has 0 bridgehead atoms. The van der Waals surface area contributed by atoms with Crippen molar-refractivity contribution in [3.05, 3.63) is 35.9 Å². The van der Waals surface area contributed by atoms with Gasteiger partial charge >= 0.3 is 0 Å². The van der Waals surface area contributed by atoms with Gasteiger partial charge < -0.3 is 15.2 Å². The minimum absolute atomic E-state index is 0.00979. The predicted octanol–water partition coefficient (Wildman–Crippen LogP) is 0.945. The quantitative estimate of drug-likeness (QED) is 0.819. The van der Waals surface area contributed by atoms with E-state index >= 15 is 0 Å². The van der Waals surface area contributed by atoms with Crippen LogP contribution in [0.3, 0.4) is 0 Å². The Hall–Kier alpha value is -1.43. The third-order valence-electron chi connectivity index (χ3n) is 3.49. The Kier molecular flexibility index (Phi) is 5.73. The highest BCUT2D eigenvalue weighted by Crippen LogP contribution is 2.23. The number of benzene rings is 1. The first-order valence-corrected chi connectivity index (χ1v) is 7.44. The van der Waals surface area contributed by atoms with Crippen LogP contribution in [0.5, 0.6) is 0 Å². The van der Waals surface area contributed by atoms with E-state index in [0.717, 1.165) is 12.1 Å².